The van der Waals surface area contributed by atoms with Crippen molar-refractivity contribution in [3.63, 3.8) is 0 Å². The molecule has 0 bridgehead atoms. The number of pyridine rings is 1. The summed E-state index contributed by atoms with van der Waals surface area (Å²) < 4.78 is 68.6. The Balaban J connectivity index is 1.86. The third-order valence-electron chi connectivity index (χ3n) is 5.50. The molecular formula is C20H19F3N4O4S. The number of halogens is 3. The van der Waals surface area contributed by atoms with Crippen LogP contribution < -0.4 is 16.0 Å². The summed E-state index contributed by atoms with van der Waals surface area (Å²) in [4.78, 5) is 30.3. The minimum atomic E-state index is -3.41. The molecule has 0 aliphatic heterocycles. The van der Waals surface area contributed by atoms with Crippen molar-refractivity contribution in [3.8, 4) is 5.69 Å². The predicted octanol–water partition coefficient (Wildman–Crippen LogP) is 2.00. The van der Waals surface area contributed by atoms with Gasteiger partial charge >= 0.3 is 5.69 Å². The van der Waals surface area contributed by atoms with E-state index in [1.165, 1.54) is 0 Å². The molecular weight excluding hydrogens is 449 g/mol. The Hall–Kier alpha value is -2.99. The lowest BCUT2D eigenvalue weighted by atomic mass is 9.91. The lowest BCUT2D eigenvalue weighted by Gasteiger charge is -2.29. The molecule has 0 spiro atoms. The molecule has 2 heterocycles. The molecule has 1 aromatic carbocycles. The van der Waals surface area contributed by atoms with Crippen molar-refractivity contribution in [1.29, 1.82) is 0 Å². The number of nitrogens with one attached hydrogen (secondary N) is 1. The number of hydrogen-bond donors (Lipinski definition) is 1. The molecule has 1 N–H and O–H groups in total. The fraction of sp³-hybridized carbons (Fsp3) is 0.350. The summed E-state index contributed by atoms with van der Waals surface area (Å²) in [6, 6.07) is 2.81. The van der Waals surface area contributed by atoms with Crippen molar-refractivity contribution < 1.29 is 21.6 Å². The molecule has 0 unspecified atom stereocenters. The highest BCUT2D eigenvalue weighted by atomic mass is 32.2. The van der Waals surface area contributed by atoms with Crippen LogP contribution in [0.15, 0.2) is 40.1 Å². The van der Waals surface area contributed by atoms with E-state index in [1.807, 2.05) is 0 Å². The van der Waals surface area contributed by atoms with Crippen molar-refractivity contribution in [2.75, 3.05) is 6.26 Å². The number of nitrogens with zero attached hydrogens (tertiary/aromatic N) is 3. The van der Waals surface area contributed by atoms with Crippen molar-refractivity contribution in [3.05, 3.63) is 68.8 Å². The molecule has 0 amide bonds. The second-order valence-corrected chi connectivity index (χ2v) is 9.59. The number of fused-ring (bicyclic) bond motifs is 1. The molecule has 32 heavy (non-hydrogen) atoms. The van der Waals surface area contributed by atoms with E-state index in [4.69, 9.17) is 0 Å². The van der Waals surface area contributed by atoms with Crippen LogP contribution in [0.25, 0.3) is 16.7 Å². The van der Waals surface area contributed by atoms with Gasteiger partial charge in [-0.1, -0.05) is 0 Å². The predicted molar refractivity (Wildman–Crippen MR) is 111 cm³/mol. The average molecular weight is 468 g/mol. The third-order valence-corrected chi connectivity index (χ3v) is 6.26. The summed E-state index contributed by atoms with van der Waals surface area (Å²) in [5.74, 6) is -3.11. The van der Waals surface area contributed by atoms with Gasteiger partial charge in [0, 0.05) is 18.2 Å². The van der Waals surface area contributed by atoms with Gasteiger partial charge in [0.15, 0.2) is 17.3 Å². The Labute approximate surface area is 180 Å². The molecule has 0 atom stereocenters. The number of benzene rings is 1. The van der Waals surface area contributed by atoms with E-state index in [9.17, 15) is 31.2 Å². The third kappa shape index (κ3) is 4.19. The van der Waals surface area contributed by atoms with Crippen molar-refractivity contribution in [1.82, 2.24) is 18.8 Å². The molecule has 1 aliphatic rings. The zero-order valence-corrected chi connectivity index (χ0v) is 17.7. The molecule has 1 fully saturated rings. The Bertz CT molecular complexity index is 1430. The zero-order valence-electron chi connectivity index (χ0n) is 16.9. The van der Waals surface area contributed by atoms with E-state index < -0.39 is 44.8 Å². The van der Waals surface area contributed by atoms with Crippen LogP contribution in [0.1, 0.15) is 31.7 Å². The monoisotopic (exact) mass is 468 g/mol. The first kappa shape index (κ1) is 22.2. The van der Waals surface area contributed by atoms with E-state index in [-0.39, 0.29) is 22.8 Å². The van der Waals surface area contributed by atoms with E-state index in [0.29, 0.717) is 25.7 Å². The average Bonchev–Trinajstić information content (AvgIpc) is 2.71. The van der Waals surface area contributed by atoms with Gasteiger partial charge in [-0.2, -0.15) is 0 Å². The SMILES string of the molecule is CS(=O)(=O)N[C@H]1CC[C@@H](n2c(=O)c3cc(F)cnc3n(-c3ccc(F)c(F)c3)c2=O)CC1. The second-order valence-electron chi connectivity index (χ2n) is 7.81. The highest BCUT2D eigenvalue weighted by Crippen LogP contribution is 2.27. The van der Waals surface area contributed by atoms with Crippen molar-refractivity contribution in [2.45, 2.75) is 37.8 Å². The van der Waals surface area contributed by atoms with Crippen LogP contribution in [0.3, 0.4) is 0 Å². The summed E-state index contributed by atoms with van der Waals surface area (Å²) in [5, 5.41) is -0.189. The lowest BCUT2D eigenvalue weighted by Crippen LogP contribution is -2.45. The summed E-state index contributed by atoms with van der Waals surface area (Å²) in [7, 11) is -3.41. The molecule has 170 valence electrons. The minimum Gasteiger partial charge on any atom is -0.268 e. The number of aromatic nitrogens is 3. The lowest BCUT2D eigenvalue weighted by molar-refractivity contribution is 0.298. The molecule has 2 aromatic heterocycles. The second kappa shape index (κ2) is 8.17. The fourth-order valence-corrected chi connectivity index (χ4v) is 4.96. The molecule has 0 radical (unpaired) electrons. The standard InChI is InChI=1S/C20H19F3N4O4S/c1-32(30,31)25-12-2-4-13(5-3-12)27-19(28)15-8-11(21)10-24-18(15)26(20(27)29)14-6-7-16(22)17(23)9-14/h6-10,12-13,25H,2-5H2,1H3/t12-,13+. The molecule has 1 aliphatic carbocycles. The van der Waals surface area contributed by atoms with Gasteiger partial charge in [-0.05, 0) is 43.9 Å². The smallest absolute Gasteiger partial charge is 0.268 e. The summed E-state index contributed by atoms with van der Waals surface area (Å²) in [6.45, 7) is 0. The van der Waals surface area contributed by atoms with Crippen molar-refractivity contribution in [2.24, 2.45) is 0 Å². The first-order valence-corrected chi connectivity index (χ1v) is 11.7. The number of hydrogen-bond acceptors (Lipinski definition) is 5. The van der Waals surface area contributed by atoms with E-state index in [1.54, 1.807) is 0 Å². The first-order valence-electron chi connectivity index (χ1n) is 9.80. The molecule has 4 rings (SSSR count). The van der Waals surface area contributed by atoms with Crippen molar-refractivity contribution >= 4 is 21.1 Å². The normalized spacial score (nSPS) is 19.4. The van der Waals surface area contributed by atoms with Crippen LogP contribution in [0.4, 0.5) is 13.2 Å². The van der Waals surface area contributed by atoms with Gasteiger partial charge in [0.1, 0.15) is 5.82 Å². The number of rotatable bonds is 4. The van der Waals surface area contributed by atoms with Gasteiger partial charge in [-0.25, -0.2) is 40.7 Å². The van der Waals surface area contributed by atoms with Crippen LogP contribution in [0.5, 0.6) is 0 Å². The van der Waals surface area contributed by atoms with E-state index >= 15 is 0 Å². The van der Waals surface area contributed by atoms with E-state index in [2.05, 4.69) is 9.71 Å². The topological polar surface area (TPSA) is 103 Å². The quantitative estimate of drug-likeness (QED) is 0.631. The van der Waals surface area contributed by atoms with Crippen LogP contribution in [-0.2, 0) is 10.0 Å². The molecule has 8 nitrogen and oxygen atoms in total. The minimum absolute atomic E-state index is 0.0702. The van der Waals surface area contributed by atoms with Crippen LogP contribution in [-0.4, -0.2) is 34.8 Å². The molecule has 0 saturated heterocycles. The van der Waals surface area contributed by atoms with Gasteiger partial charge in [-0.3, -0.25) is 9.36 Å². The maximum absolute atomic E-state index is 13.9. The molecule has 3 aromatic rings. The van der Waals surface area contributed by atoms with E-state index in [0.717, 1.165) is 45.9 Å². The summed E-state index contributed by atoms with van der Waals surface area (Å²) in [5.41, 5.74) is -1.84. The Morgan fingerprint density at radius 1 is 1.03 bits per heavy atom. The van der Waals surface area contributed by atoms with Crippen LogP contribution in [0, 0.1) is 17.5 Å². The van der Waals surface area contributed by atoms with Gasteiger partial charge in [0.05, 0.1) is 23.5 Å². The highest BCUT2D eigenvalue weighted by Gasteiger charge is 2.28. The highest BCUT2D eigenvalue weighted by molar-refractivity contribution is 7.88. The van der Waals surface area contributed by atoms with Gasteiger partial charge in [-0.15, -0.1) is 0 Å². The van der Waals surface area contributed by atoms with Crippen LogP contribution >= 0.6 is 0 Å². The first-order chi connectivity index (χ1) is 15.0. The maximum atomic E-state index is 13.9. The maximum Gasteiger partial charge on any atom is 0.337 e. The Morgan fingerprint density at radius 2 is 1.72 bits per heavy atom. The van der Waals surface area contributed by atoms with Gasteiger partial charge in [0.2, 0.25) is 10.0 Å². The molecule has 1 saturated carbocycles. The van der Waals surface area contributed by atoms with Gasteiger partial charge in [0.25, 0.3) is 5.56 Å². The fourth-order valence-electron chi connectivity index (χ4n) is 4.12. The largest absolute Gasteiger partial charge is 0.337 e. The summed E-state index contributed by atoms with van der Waals surface area (Å²) in [6.07, 6.45) is 3.27. The molecule has 12 heteroatoms. The Kier molecular flexibility index (Phi) is 5.67. The zero-order chi connectivity index (χ0) is 23.2. The number of sulfonamides is 1. The van der Waals surface area contributed by atoms with Crippen LogP contribution in [0.2, 0.25) is 0 Å². The Morgan fingerprint density at radius 3 is 2.34 bits per heavy atom. The van der Waals surface area contributed by atoms with Gasteiger partial charge < -0.3 is 0 Å². The summed E-state index contributed by atoms with van der Waals surface area (Å²) >= 11 is 0.